The van der Waals surface area contributed by atoms with Crippen molar-refractivity contribution in [3.05, 3.63) is 322 Å². The molecule has 88 heavy (non-hydrogen) atoms. The molecule has 0 radical (unpaired) electrons. The van der Waals surface area contributed by atoms with E-state index in [2.05, 4.69) is 326 Å². The molecular weight excluding hydrogens is 1120 g/mol. The number of benzene rings is 15. The lowest BCUT2D eigenvalue weighted by atomic mass is 9.91. The van der Waals surface area contributed by atoms with Crippen LogP contribution in [-0.4, -0.2) is 12.6 Å². The van der Waals surface area contributed by atoms with E-state index in [1.54, 1.807) is 0 Å². The summed E-state index contributed by atoms with van der Waals surface area (Å²) in [5.74, 6) is 0. The van der Waals surface area contributed by atoms with Gasteiger partial charge in [0.2, 0.25) is 0 Å². The van der Waals surface area contributed by atoms with E-state index in [9.17, 15) is 0 Å². The number of para-hydroxylation sites is 1. The molecule has 0 amide bonds. The van der Waals surface area contributed by atoms with Crippen LogP contribution >= 0.6 is 22.7 Å². The minimum Gasteiger partial charge on any atom is -0.309 e. The Kier molecular flexibility index (Phi) is 11.7. The molecule has 0 saturated heterocycles. The molecule has 0 fully saturated rings. The van der Waals surface area contributed by atoms with Crippen LogP contribution in [0.2, 0.25) is 0 Å². The lowest BCUT2D eigenvalue weighted by Gasteiger charge is -2.35. The smallest absolute Gasteiger partial charge is 0.181 e. The second-order valence-corrected chi connectivity index (χ2v) is 29.2. The van der Waals surface area contributed by atoms with Gasteiger partial charge in [-0.25, -0.2) is 0 Å². The van der Waals surface area contributed by atoms with E-state index in [0.29, 0.717) is 0 Å². The van der Waals surface area contributed by atoms with Gasteiger partial charge >= 0.3 is 0 Å². The number of aromatic nitrogens is 1. The van der Waals surface area contributed by atoms with Crippen LogP contribution < -0.4 is 20.7 Å². The molecular formula is C84H53NS2Si. The number of hydrogen-bond donors (Lipinski definition) is 0. The first kappa shape index (κ1) is 50.8. The Hall–Kier alpha value is -10.5. The van der Waals surface area contributed by atoms with E-state index >= 15 is 0 Å². The number of rotatable bonds is 9. The van der Waals surface area contributed by atoms with Crippen LogP contribution in [0.15, 0.2) is 322 Å². The third kappa shape index (κ3) is 7.83. The monoisotopic (exact) mass is 1170 g/mol. The summed E-state index contributed by atoms with van der Waals surface area (Å²) in [6.45, 7) is 0. The van der Waals surface area contributed by atoms with Crippen LogP contribution in [0.1, 0.15) is 0 Å². The van der Waals surface area contributed by atoms with Crippen molar-refractivity contribution in [2.45, 2.75) is 0 Å². The van der Waals surface area contributed by atoms with Crippen molar-refractivity contribution in [3.63, 3.8) is 0 Å². The average molecular weight is 1170 g/mol. The highest BCUT2D eigenvalue weighted by Crippen LogP contribution is 2.46. The minimum atomic E-state index is -2.97. The van der Waals surface area contributed by atoms with Crippen molar-refractivity contribution in [1.29, 1.82) is 0 Å². The van der Waals surface area contributed by atoms with Crippen LogP contribution in [0.25, 0.3) is 145 Å². The Morgan fingerprint density at radius 2 is 0.659 bits per heavy atom. The van der Waals surface area contributed by atoms with Gasteiger partial charge in [-0.1, -0.05) is 267 Å². The topological polar surface area (TPSA) is 4.93 Å². The van der Waals surface area contributed by atoms with Gasteiger partial charge in [0.15, 0.2) is 8.07 Å². The van der Waals surface area contributed by atoms with Crippen molar-refractivity contribution in [2.24, 2.45) is 0 Å². The number of hydrogen-bond acceptors (Lipinski definition) is 2. The minimum absolute atomic E-state index is 1.16. The van der Waals surface area contributed by atoms with Crippen molar-refractivity contribution in [3.8, 4) is 50.2 Å². The Balaban J connectivity index is 0.732. The van der Waals surface area contributed by atoms with Crippen LogP contribution in [0.5, 0.6) is 0 Å². The van der Waals surface area contributed by atoms with Gasteiger partial charge in [0.1, 0.15) is 0 Å². The molecule has 0 atom stereocenters. The van der Waals surface area contributed by atoms with Crippen molar-refractivity contribution >= 4 is 146 Å². The molecule has 0 aliphatic rings. The fraction of sp³-hybridized carbons (Fsp3) is 0. The van der Waals surface area contributed by atoms with Gasteiger partial charge in [-0.3, -0.25) is 0 Å². The lowest BCUT2D eigenvalue weighted by molar-refractivity contribution is 1.18. The molecule has 0 N–H and O–H groups in total. The Labute approximate surface area is 518 Å². The fourth-order valence-electron chi connectivity index (χ4n) is 14.8. The predicted molar refractivity (Wildman–Crippen MR) is 384 cm³/mol. The first-order valence-corrected chi connectivity index (χ1v) is 33.9. The Morgan fingerprint density at radius 1 is 0.227 bits per heavy atom. The molecule has 18 aromatic rings. The third-order valence-electron chi connectivity index (χ3n) is 18.7. The molecule has 3 heterocycles. The molecule has 18 rings (SSSR count). The van der Waals surface area contributed by atoms with Gasteiger partial charge in [0, 0.05) is 56.8 Å². The summed E-state index contributed by atoms with van der Waals surface area (Å²) in [5.41, 5.74) is 13.3. The second kappa shape index (κ2) is 20.3. The van der Waals surface area contributed by atoms with E-state index in [0.717, 1.165) is 5.69 Å². The molecule has 15 aromatic carbocycles. The maximum absolute atomic E-state index is 2.97. The van der Waals surface area contributed by atoms with Gasteiger partial charge in [-0.15, -0.1) is 22.7 Å². The largest absolute Gasteiger partial charge is 0.309 e. The van der Waals surface area contributed by atoms with Crippen LogP contribution in [0.4, 0.5) is 0 Å². The van der Waals surface area contributed by atoms with E-state index in [1.807, 2.05) is 22.7 Å². The summed E-state index contributed by atoms with van der Waals surface area (Å²) >= 11 is 3.85. The van der Waals surface area contributed by atoms with Crippen LogP contribution in [0.3, 0.4) is 0 Å². The Morgan fingerprint density at radius 3 is 1.30 bits per heavy atom. The summed E-state index contributed by atoms with van der Waals surface area (Å²) in [6.07, 6.45) is 0. The van der Waals surface area contributed by atoms with E-state index in [1.165, 1.54) is 160 Å². The zero-order chi connectivity index (χ0) is 57.9. The van der Waals surface area contributed by atoms with Crippen molar-refractivity contribution in [1.82, 2.24) is 4.57 Å². The maximum atomic E-state index is 2.52. The highest BCUT2D eigenvalue weighted by Gasteiger charge is 2.43. The summed E-state index contributed by atoms with van der Waals surface area (Å²) in [6, 6.07) is 121. The van der Waals surface area contributed by atoms with E-state index < -0.39 is 8.07 Å². The van der Waals surface area contributed by atoms with Crippen LogP contribution in [-0.2, 0) is 0 Å². The van der Waals surface area contributed by atoms with Gasteiger partial charge in [-0.05, 0) is 152 Å². The van der Waals surface area contributed by atoms with Gasteiger partial charge in [-0.2, -0.15) is 0 Å². The average Bonchev–Trinajstić information content (AvgIpc) is 1.33. The SMILES string of the molecule is c1ccc([Si](c2ccccc2)(c2cccc(-n3c4ccccc4c4cc(-c5cccc(-c6cccc7c6sc6c(-c8cccc(-c9ccc%10c%11ccccc%11c%11ccccc%11c%10c9)c8)cccc67)c5)ccc43)c2)c2cccc3c2sc2ccccc23)cc1. The standard InChI is InChI=1S/C84H53NS2Si/c1-3-26-61(27-4-1)88(62-28-5-2-6-29-62,81-44-20-41-73-72-36-12-14-43-80(72)86-84(73)81)63-30-17-25-60(53-63)85-78-42-13-11-35-71(78)77-52-57(46-48-79(77)85)55-22-16-24-59(50-55)65-38-19-40-75-74-39-18-37-64(82(74)87-83(65)75)58-23-15-21-54(49-58)56-45-47-70-68-33-8-7-31-66(68)67-32-9-10-34-69(67)76(70)51-56/h1-53H. The number of thiophene rings is 2. The van der Waals surface area contributed by atoms with Gasteiger partial charge < -0.3 is 4.57 Å². The number of nitrogens with zero attached hydrogens (tertiary/aromatic N) is 1. The molecule has 410 valence electrons. The maximum Gasteiger partial charge on any atom is 0.181 e. The van der Waals surface area contributed by atoms with Gasteiger partial charge in [0.05, 0.1) is 11.0 Å². The molecule has 4 heteroatoms. The second-order valence-electron chi connectivity index (χ2n) is 23.4. The third-order valence-corrected chi connectivity index (χ3v) is 26.2. The molecule has 0 unspecified atom stereocenters. The van der Waals surface area contributed by atoms with Crippen molar-refractivity contribution < 1.29 is 0 Å². The molecule has 0 aliphatic heterocycles. The first-order chi connectivity index (χ1) is 43.6. The fourth-order valence-corrected chi connectivity index (χ4v) is 22.7. The summed E-state index contributed by atoms with van der Waals surface area (Å²) in [7, 11) is -2.97. The number of fused-ring (bicyclic) bond motifs is 15. The van der Waals surface area contributed by atoms with Crippen molar-refractivity contribution in [2.75, 3.05) is 0 Å². The zero-order valence-electron chi connectivity index (χ0n) is 47.9. The molecule has 0 aliphatic carbocycles. The summed E-state index contributed by atoms with van der Waals surface area (Å²) < 4.78 is 7.81. The zero-order valence-corrected chi connectivity index (χ0v) is 50.5. The summed E-state index contributed by atoms with van der Waals surface area (Å²) in [4.78, 5) is 0. The molecule has 0 spiro atoms. The van der Waals surface area contributed by atoms with Crippen LogP contribution in [0, 0.1) is 0 Å². The molecule has 3 aromatic heterocycles. The quantitative estimate of drug-likeness (QED) is 0.0771. The summed E-state index contributed by atoms with van der Waals surface area (Å²) in [5, 5.41) is 21.0. The Bertz CT molecular complexity index is 5760. The van der Waals surface area contributed by atoms with E-state index in [4.69, 9.17) is 0 Å². The highest BCUT2D eigenvalue weighted by molar-refractivity contribution is 7.30. The molecule has 0 bridgehead atoms. The normalized spacial score (nSPS) is 12.1. The lowest BCUT2D eigenvalue weighted by Crippen LogP contribution is -2.74. The first-order valence-electron chi connectivity index (χ1n) is 30.3. The van der Waals surface area contributed by atoms with E-state index in [-0.39, 0.29) is 0 Å². The predicted octanol–water partition coefficient (Wildman–Crippen LogP) is 21.0. The highest BCUT2D eigenvalue weighted by atomic mass is 32.1. The molecule has 0 saturated carbocycles. The molecule has 1 nitrogen and oxygen atoms in total. The van der Waals surface area contributed by atoms with Gasteiger partial charge in [0.25, 0.3) is 0 Å².